The van der Waals surface area contributed by atoms with Gasteiger partial charge in [0.1, 0.15) is 0 Å². The molecule has 0 spiro atoms. The van der Waals surface area contributed by atoms with Gasteiger partial charge in [-0.05, 0) is 30.4 Å². The van der Waals surface area contributed by atoms with Gasteiger partial charge in [-0.25, -0.2) is 0 Å². The fraction of sp³-hybridized carbons (Fsp3) is 0.562. The van der Waals surface area contributed by atoms with Gasteiger partial charge in [-0.2, -0.15) is 0 Å². The Hall–Kier alpha value is -1.31. The summed E-state index contributed by atoms with van der Waals surface area (Å²) in [6.45, 7) is 2.27. The first kappa shape index (κ1) is 11.8. The van der Waals surface area contributed by atoms with Gasteiger partial charge >= 0.3 is 0 Å². The first-order valence-corrected chi connectivity index (χ1v) is 7.12. The van der Waals surface area contributed by atoms with Gasteiger partial charge in [-0.3, -0.25) is 4.79 Å². The summed E-state index contributed by atoms with van der Waals surface area (Å²) in [5, 5.41) is 3.40. The number of fused-ring (bicyclic) bond motifs is 1. The molecule has 1 fully saturated rings. The fourth-order valence-electron chi connectivity index (χ4n) is 3.45. The maximum Gasteiger partial charge on any atom is 0.158 e. The molecule has 3 rings (SSSR count). The van der Waals surface area contributed by atoms with Crippen molar-refractivity contribution in [1.29, 1.82) is 0 Å². The van der Waals surface area contributed by atoms with Gasteiger partial charge in [-0.15, -0.1) is 0 Å². The lowest BCUT2D eigenvalue weighted by atomic mass is 9.78. The number of carbonyl (C=O) groups is 1. The van der Waals surface area contributed by atoms with Crippen molar-refractivity contribution in [1.82, 2.24) is 0 Å². The van der Waals surface area contributed by atoms with E-state index in [0.29, 0.717) is 11.7 Å². The Labute approximate surface area is 109 Å². The van der Waals surface area contributed by atoms with Crippen LogP contribution in [-0.2, 0) is 11.2 Å². The minimum Gasteiger partial charge on any atom is -0.375 e. The second-order valence-corrected chi connectivity index (χ2v) is 5.93. The Morgan fingerprint density at radius 1 is 1.28 bits per heavy atom. The number of benzene rings is 1. The number of anilines is 1. The van der Waals surface area contributed by atoms with Crippen molar-refractivity contribution < 1.29 is 4.79 Å². The second-order valence-electron chi connectivity index (χ2n) is 5.93. The number of carbonyl (C=O) groups excluding carboxylic acids is 1. The van der Waals surface area contributed by atoms with Crippen molar-refractivity contribution in [3.05, 3.63) is 29.8 Å². The maximum absolute atomic E-state index is 12.6. The molecular formula is C16H21NO. The Morgan fingerprint density at radius 3 is 2.89 bits per heavy atom. The third-order valence-corrected chi connectivity index (χ3v) is 4.45. The highest BCUT2D eigenvalue weighted by atomic mass is 16.1. The third-order valence-electron chi connectivity index (χ3n) is 4.45. The van der Waals surface area contributed by atoms with Crippen LogP contribution in [0.5, 0.6) is 0 Å². The number of ketones is 1. The number of hydrogen-bond donors (Lipinski definition) is 1. The number of hydrogen-bond acceptors (Lipinski definition) is 2. The molecular weight excluding hydrogens is 222 g/mol. The van der Waals surface area contributed by atoms with Crippen molar-refractivity contribution in [2.45, 2.75) is 45.1 Å². The average molecular weight is 243 g/mol. The summed E-state index contributed by atoms with van der Waals surface area (Å²) in [7, 11) is 0. The van der Waals surface area contributed by atoms with E-state index in [1.807, 2.05) is 6.07 Å². The van der Waals surface area contributed by atoms with Gasteiger partial charge in [0.15, 0.2) is 5.78 Å². The molecule has 3 unspecified atom stereocenters. The van der Waals surface area contributed by atoms with Crippen LogP contribution in [0, 0.1) is 11.8 Å². The molecule has 0 radical (unpaired) electrons. The van der Waals surface area contributed by atoms with E-state index in [1.54, 1.807) is 0 Å². The van der Waals surface area contributed by atoms with Gasteiger partial charge in [0.2, 0.25) is 0 Å². The average Bonchev–Trinajstić information content (AvgIpc) is 2.81. The summed E-state index contributed by atoms with van der Waals surface area (Å²) < 4.78 is 0. The van der Waals surface area contributed by atoms with Crippen molar-refractivity contribution in [2.75, 3.05) is 5.32 Å². The normalized spacial score (nSPS) is 30.6. The largest absolute Gasteiger partial charge is 0.375 e. The molecule has 1 aromatic rings. The maximum atomic E-state index is 12.6. The number of rotatable bonds is 2. The lowest BCUT2D eigenvalue weighted by Crippen LogP contribution is -2.35. The molecule has 0 saturated heterocycles. The van der Waals surface area contributed by atoms with Crippen LogP contribution >= 0.6 is 0 Å². The monoisotopic (exact) mass is 243 g/mol. The van der Waals surface area contributed by atoms with Crippen molar-refractivity contribution in [3.8, 4) is 0 Å². The number of nitrogens with one attached hydrogen (secondary N) is 1. The SMILES string of the molecule is CC1CCCC(C(=O)C2Cc3ccccc3N2)C1. The molecule has 2 aliphatic rings. The van der Waals surface area contributed by atoms with E-state index in [0.717, 1.165) is 30.9 Å². The van der Waals surface area contributed by atoms with Crippen LogP contribution in [0.3, 0.4) is 0 Å². The molecule has 1 aliphatic heterocycles. The summed E-state index contributed by atoms with van der Waals surface area (Å²) in [5.74, 6) is 1.45. The molecule has 1 N–H and O–H groups in total. The predicted octanol–water partition coefficient (Wildman–Crippen LogP) is 3.42. The van der Waals surface area contributed by atoms with Crippen LogP contribution in [0.4, 0.5) is 5.69 Å². The van der Waals surface area contributed by atoms with E-state index < -0.39 is 0 Å². The van der Waals surface area contributed by atoms with Gasteiger partial charge in [-0.1, -0.05) is 38.0 Å². The van der Waals surface area contributed by atoms with E-state index in [1.165, 1.54) is 18.4 Å². The highest BCUT2D eigenvalue weighted by Crippen LogP contribution is 2.33. The molecule has 0 aromatic heterocycles. The highest BCUT2D eigenvalue weighted by Gasteiger charge is 2.33. The van der Waals surface area contributed by atoms with Gasteiger partial charge in [0, 0.05) is 18.0 Å². The van der Waals surface area contributed by atoms with Crippen LogP contribution in [0.15, 0.2) is 24.3 Å². The molecule has 1 aliphatic carbocycles. The van der Waals surface area contributed by atoms with Crippen LogP contribution < -0.4 is 5.32 Å². The van der Waals surface area contributed by atoms with E-state index in [2.05, 4.69) is 30.4 Å². The van der Waals surface area contributed by atoms with E-state index in [-0.39, 0.29) is 6.04 Å². The minimum atomic E-state index is 0.0256. The lowest BCUT2D eigenvalue weighted by Gasteiger charge is -2.27. The Morgan fingerprint density at radius 2 is 2.11 bits per heavy atom. The molecule has 2 nitrogen and oxygen atoms in total. The minimum absolute atomic E-state index is 0.0256. The van der Waals surface area contributed by atoms with E-state index >= 15 is 0 Å². The number of Topliss-reactive ketones (excluding diaryl/α,β-unsaturated/α-hetero) is 1. The number of para-hydroxylation sites is 1. The molecule has 0 amide bonds. The van der Waals surface area contributed by atoms with Crippen LogP contribution in [0.2, 0.25) is 0 Å². The van der Waals surface area contributed by atoms with Crippen molar-refractivity contribution >= 4 is 11.5 Å². The predicted molar refractivity (Wildman–Crippen MR) is 73.7 cm³/mol. The second kappa shape index (κ2) is 4.75. The van der Waals surface area contributed by atoms with Crippen LogP contribution in [0.25, 0.3) is 0 Å². The Bertz CT molecular complexity index is 429. The van der Waals surface area contributed by atoms with E-state index in [4.69, 9.17) is 0 Å². The topological polar surface area (TPSA) is 29.1 Å². The zero-order chi connectivity index (χ0) is 12.5. The Kier molecular flexibility index (Phi) is 3.11. The molecule has 3 atom stereocenters. The van der Waals surface area contributed by atoms with Crippen molar-refractivity contribution in [3.63, 3.8) is 0 Å². The first-order chi connectivity index (χ1) is 8.74. The molecule has 0 bridgehead atoms. The zero-order valence-corrected chi connectivity index (χ0v) is 11.0. The summed E-state index contributed by atoms with van der Waals surface area (Å²) in [6, 6.07) is 8.31. The van der Waals surface area contributed by atoms with Gasteiger partial charge in [0.05, 0.1) is 6.04 Å². The summed E-state index contributed by atoms with van der Waals surface area (Å²) in [4.78, 5) is 12.6. The van der Waals surface area contributed by atoms with E-state index in [9.17, 15) is 4.79 Å². The smallest absolute Gasteiger partial charge is 0.158 e. The first-order valence-electron chi connectivity index (χ1n) is 7.12. The molecule has 1 saturated carbocycles. The van der Waals surface area contributed by atoms with Gasteiger partial charge < -0.3 is 5.32 Å². The summed E-state index contributed by atoms with van der Waals surface area (Å²) in [5.41, 5.74) is 2.44. The highest BCUT2D eigenvalue weighted by molar-refractivity contribution is 5.91. The van der Waals surface area contributed by atoms with Crippen LogP contribution in [-0.4, -0.2) is 11.8 Å². The third kappa shape index (κ3) is 2.16. The van der Waals surface area contributed by atoms with Crippen molar-refractivity contribution in [2.24, 2.45) is 11.8 Å². The van der Waals surface area contributed by atoms with Gasteiger partial charge in [0.25, 0.3) is 0 Å². The zero-order valence-electron chi connectivity index (χ0n) is 11.0. The summed E-state index contributed by atoms with van der Waals surface area (Å²) in [6.07, 6.45) is 5.57. The molecule has 1 heterocycles. The standard InChI is InChI=1S/C16H21NO/c1-11-5-4-7-13(9-11)16(18)15-10-12-6-2-3-8-14(12)17-15/h2-3,6,8,11,13,15,17H,4-5,7,9-10H2,1H3. The summed E-state index contributed by atoms with van der Waals surface area (Å²) >= 11 is 0. The molecule has 96 valence electrons. The molecule has 1 aromatic carbocycles. The molecule has 2 heteroatoms. The quantitative estimate of drug-likeness (QED) is 0.862. The lowest BCUT2D eigenvalue weighted by molar-refractivity contribution is -0.124. The van der Waals surface area contributed by atoms with Crippen LogP contribution in [0.1, 0.15) is 38.2 Å². The molecule has 18 heavy (non-hydrogen) atoms. The fourth-order valence-corrected chi connectivity index (χ4v) is 3.45. The Balaban J connectivity index is 1.68.